The lowest BCUT2D eigenvalue weighted by molar-refractivity contribution is 0.0499. The minimum atomic E-state index is -0.570. The Morgan fingerprint density at radius 3 is 2.68 bits per heavy atom. The standard InChI is InChI=1S/C14H19N5O3/c1-8-6-7-15-10(16-8)11-18-12(22-19-11)9(2)17-13(20)21-14(3,4)5/h6-7,9H,1-5H3,(H,17,20)/t9-/m0/s1. The van der Waals surface area contributed by atoms with Gasteiger partial charge in [-0.1, -0.05) is 5.16 Å². The van der Waals surface area contributed by atoms with E-state index >= 15 is 0 Å². The summed E-state index contributed by atoms with van der Waals surface area (Å²) in [7, 11) is 0. The Labute approximate surface area is 128 Å². The van der Waals surface area contributed by atoms with Crippen molar-refractivity contribution in [3.05, 3.63) is 23.8 Å². The third kappa shape index (κ3) is 4.24. The Morgan fingerprint density at radius 1 is 1.32 bits per heavy atom. The number of rotatable bonds is 3. The highest BCUT2D eigenvalue weighted by atomic mass is 16.6. The fourth-order valence-electron chi connectivity index (χ4n) is 1.60. The summed E-state index contributed by atoms with van der Waals surface area (Å²) in [6.45, 7) is 8.93. The van der Waals surface area contributed by atoms with Crippen LogP contribution in [0.1, 0.15) is 45.3 Å². The molecule has 0 saturated heterocycles. The third-order valence-electron chi connectivity index (χ3n) is 2.54. The minimum Gasteiger partial charge on any atom is -0.444 e. The number of hydrogen-bond donors (Lipinski definition) is 1. The van der Waals surface area contributed by atoms with Gasteiger partial charge in [0.2, 0.25) is 17.5 Å². The molecule has 0 bridgehead atoms. The molecule has 118 valence electrons. The second-order valence-corrected chi connectivity index (χ2v) is 5.85. The molecular weight excluding hydrogens is 286 g/mol. The molecule has 1 amide bonds. The monoisotopic (exact) mass is 305 g/mol. The number of ether oxygens (including phenoxy) is 1. The lowest BCUT2D eigenvalue weighted by atomic mass is 10.2. The molecule has 1 N–H and O–H groups in total. The van der Waals surface area contributed by atoms with Crippen LogP contribution in [-0.2, 0) is 4.74 Å². The molecule has 1 atom stereocenters. The molecule has 2 rings (SSSR count). The smallest absolute Gasteiger partial charge is 0.408 e. The van der Waals surface area contributed by atoms with E-state index in [4.69, 9.17) is 9.26 Å². The maximum absolute atomic E-state index is 11.7. The summed E-state index contributed by atoms with van der Waals surface area (Å²) in [4.78, 5) is 24.2. The zero-order valence-corrected chi connectivity index (χ0v) is 13.2. The van der Waals surface area contributed by atoms with Crippen LogP contribution in [0.25, 0.3) is 11.6 Å². The van der Waals surface area contributed by atoms with Gasteiger partial charge in [0.25, 0.3) is 0 Å². The van der Waals surface area contributed by atoms with Crippen LogP contribution in [0.3, 0.4) is 0 Å². The lowest BCUT2D eigenvalue weighted by Gasteiger charge is -2.20. The molecule has 22 heavy (non-hydrogen) atoms. The van der Waals surface area contributed by atoms with E-state index in [1.54, 1.807) is 40.0 Å². The molecule has 0 fully saturated rings. The fraction of sp³-hybridized carbons (Fsp3) is 0.500. The predicted octanol–water partition coefficient (Wildman–Crippen LogP) is 2.42. The number of aryl methyl sites for hydroxylation is 1. The van der Waals surface area contributed by atoms with Crippen LogP contribution in [0.15, 0.2) is 16.8 Å². The van der Waals surface area contributed by atoms with E-state index in [0.29, 0.717) is 5.82 Å². The molecule has 0 saturated carbocycles. The van der Waals surface area contributed by atoms with Gasteiger partial charge in [-0.25, -0.2) is 14.8 Å². The van der Waals surface area contributed by atoms with Gasteiger partial charge in [0, 0.05) is 11.9 Å². The summed E-state index contributed by atoms with van der Waals surface area (Å²) in [5.74, 6) is 0.905. The maximum Gasteiger partial charge on any atom is 0.408 e. The van der Waals surface area contributed by atoms with Gasteiger partial charge in [-0.05, 0) is 40.7 Å². The highest BCUT2D eigenvalue weighted by Crippen LogP contribution is 2.16. The molecule has 8 nitrogen and oxygen atoms in total. The largest absolute Gasteiger partial charge is 0.444 e. The van der Waals surface area contributed by atoms with Crippen LogP contribution in [0.5, 0.6) is 0 Å². The molecule has 0 unspecified atom stereocenters. The van der Waals surface area contributed by atoms with Crippen molar-refractivity contribution in [2.24, 2.45) is 0 Å². The van der Waals surface area contributed by atoms with Gasteiger partial charge in [0.15, 0.2) is 0 Å². The van der Waals surface area contributed by atoms with Gasteiger partial charge in [-0.2, -0.15) is 4.98 Å². The number of carbonyl (C=O) groups is 1. The molecule has 0 radical (unpaired) electrons. The second kappa shape index (κ2) is 6.08. The zero-order chi connectivity index (χ0) is 16.3. The average molecular weight is 305 g/mol. The Morgan fingerprint density at radius 2 is 2.05 bits per heavy atom. The molecule has 2 aromatic heterocycles. The predicted molar refractivity (Wildman–Crippen MR) is 77.8 cm³/mol. The van der Waals surface area contributed by atoms with E-state index in [9.17, 15) is 4.79 Å². The molecule has 2 aromatic rings. The molecule has 0 aliphatic rings. The third-order valence-corrected chi connectivity index (χ3v) is 2.54. The average Bonchev–Trinajstić information content (AvgIpc) is 2.85. The molecule has 0 spiro atoms. The van der Waals surface area contributed by atoms with Crippen LogP contribution in [0.4, 0.5) is 4.79 Å². The van der Waals surface area contributed by atoms with Crippen molar-refractivity contribution in [1.82, 2.24) is 25.4 Å². The van der Waals surface area contributed by atoms with Crippen molar-refractivity contribution < 1.29 is 14.1 Å². The number of nitrogens with one attached hydrogen (secondary N) is 1. The van der Waals surface area contributed by atoms with Crippen molar-refractivity contribution >= 4 is 6.09 Å². The zero-order valence-electron chi connectivity index (χ0n) is 13.2. The number of aromatic nitrogens is 4. The Bertz CT molecular complexity index is 662. The van der Waals surface area contributed by atoms with Gasteiger partial charge in [-0.3, -0.25) is 0 Å². The van der Waals surface area contributed by atoms with E-state index in [-0.39, 0.29) is 11.7 Å². The fourth-order valence-corrected chi connectivity index (χ4v) is 1.60. The van der Waals surface area contributed by atoms with Gasteiger partial charge < -0.3 is 14.6 Å². The molecular formula is C14H19N5O3. The van der Waals surface area contributed by atoms with Crippen LogP contribution in [-0.4, -0.2) is 31.8 Å². The lowest BCUT2D eigenvalue weighted by Crippen LogP contribution is -2.34. The van der Waals surface area contributed by atoms with E-state index in [1.807, 2.05) is 6.92 Å². The van der Waals surface area contributed by atoms with Crippen LogP contribution in [0.2, 0.25) is 0 Å². The first-order valence-corrected chi connectivity index (χ1v) is 6.88. The van der Waals surface area contributed by atoms with Gasteiger partial charge in [0.05, 0.1) is 0 Å². The van der Waals surface area contributed by atoms with Gasteiger partial charge >= 0.3 is 6.09 Å². The number of hydrogen-bond acceptors (Lipinski definition) is 7. The molecule has 8 heteroatoms. The highest BCUT2D eigenvalue weighted by Gasteiger charge is 2.22. The molecule has 0 aliphatic heterocycles. The number of carbonyl (C=O) groups excluding carboxylic acids is 1. The Balaban J connectivity index is 2.06. The Kier molecular flexibility index (Phi) is 4.39. The van der Waals surface area contributed by atoms with Gasteiger partial charge in [0.1, 0.15) is 11.6 Å². The number of alkyl carbamates (subject to hydrolysis) is 1. The Hall–Kier alpha value is -2.51. The van der Waals surface area contributed by atoms with Crippen molar-refractivity contribution in [3.63, 3.8) is 0 Å². The summed E-state index contributed by atoms with van der Waals surface area (Å²) in [6, 6.07) is 1.29. The van der Waals surface area contributed by atoms with Crippen LogP contribution >= 0.6 is 0 Å². The number of nitrogens with zero attached hydrogens (tertiary/aromatic N) is 4. The summed E-state index contributed by atoms with van der Waals surface area (Å²) < 4.78 is 10.3. The van der Waals surface area contributed by atoms with Crippen molar-refractivity contribution in [3.8, 4) is 11.6 Å². The summed E-state index contributed by atoms with van der Waals surface area (Å²) in [5.41, 5.74) is 0.232. The van der Waals surface area contributed by atoms with E-state index in [2.05, 4.69) is 25.4 Å². The van der Waals surface area contributed by atoms with Crippen molar-refractivity contribution in [2.75, 3.05) is 0 Å². The normalized spacial score (nSPS) is 12.8. The first-order chi connectivity index (χ1) is 10.2. The molecule has 2 heterocycles. The first-order valence-electron chi connectivity index (χ1n) is 6.88. The summed E-state index contributed by atoms with van der Waals surface area (Å²) >= 11 is 0. The maximum atomic E-state index is 11.7. The van der Waals surface area contributed by atoms with Crippen molar-refractivity contribution in [2.45, 2.75) is 46.3 Å². The highest BCUT2D eigenvalue weighted by molar-refractivity contribution is 5.68. The first kappa shape index (κ1) is 15.9. The second-order valence-electron chi connectivity index (χ2n) is 5.85. The quantitative estimate of drug-likeness (QED) is 0.928. The minimum absolute atomic E-state index is 0.256. The molecule has 0 aliphatic carbocycles. The van der Waals surface area contributed by atoms with Crippen LogP contribution < -0.4 is 5.32 Å². The number of amides is 1. The van der Waals surface area contributed by atoms with Crippen LogP contribution in [0, 0.1) is 6.92 Å². The SMILES string of the molecule is Cc1ccnc(-c2noc([C@H](C)NC(=O)OC(C)(C)C)n2)n1. The summed E-state index contributed by atoms with van der Waals surface area (Å²) in [6.07, 6.45) is 1.07. The topological polar surface area (TPSA) is 103 Å². The molecule has 0 aromatic carbocycles. The van der Waals surface area contributed by atoms with E-state index < -0.39 is 17.7 Å². The van der Waals surface area contributed by atoms with E-state index in [1.165, 1.54) is 0 Å². The van der Waals surface area contributed by atoms with Gasteiger partial charge in [-0.15, -0.1) is 0 Å². The van der Waals surface area contributed by atoms with E-state index in [0.717, 1.165) is 5.69 Å². The van der Waals surface area contributed by atoms with Crippen molar-refractivity contribution in [1.29, 1.82) is 0 Å². The summed E-state index contributed by atoms with van der Waals surface area (Å²) in [5, 5.41) is 6.46.